The summed E-state index contributed by atoms with van der Waals surface area (Å²) in [5.74, 6) is -2.66. The maximum absolute atomic E-state index is 15.9. The average Bonchev–Trinajstić information content (AvgIpc) is 3.53. The van der Waals surface area contributed by atoms with Crippen LogP contribution in [0.1, 0.15) is 73.4 Å². The number of rotatable bonds is 12. The molecule has 1 amide bonds. The van der Waals surface area contributed by atoms with Crippen molar-refractivity contribution in [2.75, 3.05) is 29.5 Å². The first kappa shape index (κ1) is 41.3. The number of hydrogen-bond donors (Lipinski definition) is 2. The molecule has 1 saturated heterocycles. The van der Waals surface area contributed by atoms with Crippen LogP contribution in [0.4, 0.5) is 33.5 Å². The van der Waals surface area contributed by atoms with E-state index in [0.717, 1.165) is 47.7 Å². The number of hydrogen-bond acceptors (Lipinski definition) is 8. The zero-order valence-corrected chi connectivity index (χ0v) is 32.8. The average molecular weight is 815 g/mol. The largest absolute Gasteiger partial charge is 0.486 e. The molecule has 304 valence electrons. The number of carbonyl (C=O) groups is 1. The summed E-state index contributed by atoms with van der Waals surface area (Å²) in [6.07, 6.45) is -3.81. The summed E-state index contributed by atoms with van der Waals surface area (Å²) in [4.78, 5) is 18.6. The highest BCUT2D eigenvalue weighted by Gasteiger charge is 2.33. The van der Waals surface area contributed by atoms with E-state index < -0.39 is 57.7 Å². The highest BCUT2D eigenvalue weighted by atomic mass is 32.2. The predicted molar refractivity (Wildman–Crippen MR) is 206 cm³/mol. The van der Waals surface area contributed by atoms with E-state index in [9.17, 15) is 30.8 Å². The number of alkyl halides is 3. The lowest BCUT2D eigenvalue weighted by Gasteiger charge is -2.24. The molecule has 1 unspecified atom stereocenters. The van der Waals surface area contributed by atoms with Gasteiger partial charge in [-0.1, -0.05) is 30.3 Å². The number of sulfonamides is 1. The van der Waals surface area contributed by atoms with E-state index in [0.29, 0.717) is 18.6 Å². The van der Waals surface area contributed by atoms with Gasteiger partial charge in [0.15, 0.2) is 23.5 Å². The molecule has 3 aromatic carbocycles. The van der Waals surface area contributed by atoms with E-state index >= 15 is 4.39 Å². The van der Waals surface area contributed by atoms with Gasteiger partial charge in [0.25, 0.3) is 5.91 Å². The van der Waals surface area contributed by atoms with Crippen LogP contribution in [-0.4, -0.2) is 60.7 Å². The van der Waals surface area contributed by atoms with Crippen LogP contribution in [-0.2, 0) is 34.3 Å². The molecular formula is C40H43F5N6O5S. The molecule has 1 atom stereocenters. The second kappa shape index (κ2) is 16.3. The number of aromatic nitrogens is 3. The molecule has 0 saturated carbocycles. The molecule has 6 rings (SSSR count). The topological polar surface area (TPSA) is 128 Å². The van der Waals surface area contributed by atoms with E-state index in [2.05, 4.69) is 15.7 Å². The Bertz CT molecular complexity index is 2380. The van der Waals surface area contributed by atoms with Gasteiger partial charge in [-0.2, -0.15) is 18.3 Å². The Morgan fingerprint density at radius 1 is 1.02 bits per heavy atom. The van der Waals surface area contributed by atoms with Gasteiger partial charge in [0.2, 0.25) is 10.0 Å². The maximum Gasteiger partial charge on any atom is 0.393 e. The molecule has 1 aliphatic rings. The van der Waals surface area contributed by atoms with Crippen LogP contribution in [0.3, 0.4) is 0 Å². The van der Waals surface area contributed by atoms with E-state index in [-0.39, 0.29) is 63.6 Å². The molecule has 1 aliphatic heterocycles. The number of carbonyl (C=O) groups excluding carboxylic acids is 1. The van der Waals surface area contributed by atoms with Crippen molar-refractivity contribution in [1.29, 1.82) is 0 Å². The third kappa shape index (κ3) is 10.00. The zero-order valence-electron chi connectivity index (χ0n) is 32.0. The normalized spacial score (nSPS) is 15.1. The Morgan fingerprint density at radius 3 is 2.40 bits per heavy atom. The predicted octanol–water partition coefficient (Wildman–Crippen LogP) is 8.30. The number of anilines is 2. The lowest BCUT2D eigenvalue weighted by Crippen LogP contribution is -2.41. The summed E-state index contributed by atoms with van der Waals surface area (Å²) < 4.78 is 112. The Labute approximate surface area is 327 Å². The number of halogens is 5. The standard InChI is InChI=1S/C40H43F5N6O5S/c1-39(2,3)48-38(52)36-35-32(51(49-36)34-13-9-10-16-55-34)20-30(47-37(35)46-22-26-17-27(41)14-15-31(26)50(4)57(5,53)54)28-19-29(42)33(18-25(28)21-40(43,44)45)56-23-24-11-7-6-8-12-24/h6-8,11-12,14-15,17-20,34H,9-10,13,16,21-23H2,1-5H3,(H,46,47)(H,48,52). The highest BCUT2D eigenvalue weighted by molar-refractivity contribution is 7.92. The van der Waals surface area contributed by atoms with E-state index in [1.165, 1.54) is 23.9 Å². The summed E-state index contributed by atoms with van der Waals surface area (Å²) in [5.41, 5.74) is -0.220. The number of nitrogens with one attached hydrogen (secondary N) is 2. The second-order valence-electron chi connectivity index (χ2n) is 14.9. The fraction of sp³-hybridized carbons (Fsp3) is 0.375. The Balaban J connectivity index is 1.56. The number of pyridine rings is 1. The van der Waals surface area contributed by atoms with Crippen molar-refractivity contribution in [2.45, 2.75) is 77.5 Å². The van der Waals surface area contributed by atoms with Crippen molar-refractivity contribution in [2.24, 2.45) is 0 Å². The van der Waals surface area contributed by atoms with Crippen LogP contribution < -0.4 is 19.7 Å². The van der Waals surface area contributed by atoms with Crippen molar-refractivity contribution in [3.8, 4) is 17.0 Å². The third-order valence-electron chi connectivity index (χ3n) is 9.21. The molecule has 3 heterocycles. The summed E-state index contributed by atoms with van der Waals surface area (Å²) in [5, 5.41) is 10.8. The van der Waals surface area contributed by atoms with Crippen molar-refractivity contribution < 1.29 is 44.6 Å². The van der Waals surface area contributed by atoms with Crippen molar-refractivity contribution in [1.82, 2.24) is 20.1 Å². The van der Waals surface area contributed by atoms with Gasteiger partial charge in [-0.05, 0) is 93.1 Å². The monoisotopic (exact) mass is 814 g/mol. The Hall–Kier alpha value is -5.29. The fourth-order valence-corrected chi connectivity index (χ4v) is 7.06. The quantitative estimate of drug-likeness (QED) is 0.121. The zero-order chi connectivity index (χ0) is 41.3. The van der Waals surface area contributed by atoms with E-state index in [1.54, 1.807) is 51.1 Å². The number of nitrogens with zero attached hydrogens (tertiary/aromatic N) is 4. The summed E-state index contributed by atoms with van der Waals surface area (Å²) in [6.45, 7) is 5.35. The lowest BCUT2D eigenvalue weighted by atomic mass is 9.99. The number of fused-ring (bicyclic) bond motifs is 1. The lowest BCUT2D eigenvalue weighted by molar-refractivity contribution is -0.127. The molecule has 11 nitrogen and oxygen atoms in total. The first-order valence-corrected chi connectivity index (χ1v) is 20.0. The molecule has 0 aliphatic carbocycles. The van der Waals surface area contributed by atoms with Gasteiger partial charge >= 0.3 is 6.18 Å². The molecule has 17 heteroatoms. The smallest absolute Gasteiger partial charge is 0.393 e. The van der Waals surface area contributed by atoms with Gasteiger partial charge in [-0.15, -0.1) is 0 Å². The molecule has 2 N–H and O–H groups in total. The minimum atomic E-state index is -4.72. The molecule has 1 fully saturated rings. The summed E-state index contributed by atoms with van der Waals surface area (Å²) >= 11 is 0. The third-order valence-corrected chi connectivity index (χ3v) is 10.4. The van der Waals surface area contributed by atoms with Crippen molar-refractivity contribution in [3.05, 3.63) is 101 Å². The first-order chi connectivity index (χ1) is 26.8. The van der Waals surface area contributed by atoms with Gasteiger partial charge in [0.1, 0.15) is 18.2 Å². The van der Waals surface area contributed by atoms with E-state index in [4.69, 9.17) is 14.5 Å². The minimum Gasteiger partial charge on any atom is -0.486 e. The van der Waals surface area contributed by atoms with Gasteiger partial charge in [-0.3, -0.25) is 9.10 Å². The van der Waals surface area contributed by atoms with Crippen LogP contribution >= 0.6 is 0 Å². The van der Waals surface area contributed by atoms with E-state index in [1.807, 2.05) is 0 Å². The molecule has 2 aromatic heterocycles. The Morgan fingerprint density at radius 2 is 1.75 bits per heavy atom. The Kier molecular flexibility index (Phi) is 11.8. The van der Waals surface area contributed by atoms with Crippen LogP contribution in [0.2, 0.25) is 0 Å². The summed E-state index contributed by atoms with van der Waals surface area (Å²) in [6, 6.07) is 15.6. The number of amides is 1. The highest BCUT2D eigenvalue weighted by Crippen LogP contribution is 2.39. The SMILES string of the molecule is CN(c1ccc(F)cc1CNc1nc(-c2cc(F)c(OCc3ccccc3)cc2CC(F)(F)F)cc2c1c(C(=O)NC(C)(C)C)nn2C1CCCCO1)S(C)(=O)=O. The number of ether oxygens (including phenoxy) is 2. The maximum atomic E-state index is 15.9. The van der Waals surface area contributed by atoms with Gasteiger partial charge in [0.05, 0.1) is 35.0 Å². The summed E-state index contributed by atoms with van der Waals surface area (Å²) in [7, 11) is -2.49. The first-order valence-electron chi connectivity index (χ1n) is 18.2. The number of benzene rings is 3. The second-order valence-corrected chi connectivity index (χ2v) is 16.9. The van der Waals surface area contributed by atoms with Crippen LogP contribution in [0, 0.1) is 11.6 Å². The van der Waals surface area contributed by atoms with Crippen LogP contribution in [0.25, 0.3) is 22.2 Å². The molecule has 0 bridgehead atoms. The van der Waals surface area contributed by atoms with Gasteiger partial charge < -0.3 is 20.1 Å². The van der Waals surface area contributed by atoms with Crippen LogP contribution in [0.5, 0.6) is 5.75 Å². The minimum absolute atomic E-state index is 0.0661. The molecule has 57 heavy (non-hydrogen) atoms. The van der Waals surface area contributed by atoms with Crippen LogP contribution in [0.15, 0.2) is 66.7 Å². The van der Waals surface area contributed by atoms with Gasteiger partial charge in [0, 0.05) is 31.3 Å². The van der Waals surface area contributed by atoms with Crippen molar-refractivity contribution >= 4 is 38.3 Å². The molecule has 0 spiro atoms. The molecule has 0 radical (unpaired) electrons. The van der Waals surface area contributed by atoms with Gasteiger partial charge in [-0.25, -0.2) is 26.9 Å². The fourth-order valence-electron chi connectivity index (χ4n) is 6.52. The van der Waals surface area contributed by atoms with Crippen molar-refractivity contribution in [3.63, 3.8) is 0 Å². The molecule has 5 aromatic rings. The molecular weight excluding hydrogens is 772 g/mol.